The van der Waals surface area contributed by atoms with E-state index in [2.05, 4.69) is 171 Å². The van der Waals surface area contributed by atoms with Crippen molar-refractivity contribution in [1.29, 1.82) is 0 Å². The smallest absolute Gasteiger partial charge is 0.0503 e. The fourth-order valence-corrected chi connectivity index (χ4v) is 6.05. The average Bonchev–Trinajstić information content (AvgIpc) is 3.04. The maximum absolute atomic E-state index is 4.20. The van der Waals surface area contributed by atoms with Crippen molar-refractivity contribution in [3.05, 3.63) is 192 Å². The summed E-state index contributed by atoms with van der Waals surface area (Å²) in [5.41, 5.74) is 12.7. The number of hydrogen-bond donors (Lipinski definition) is 0. The number of allylic oxidation sites excluding steroid dienone is 3. The number of rotatable bonds is 7. The molecule has 0 N–H and O–H groups in total. The molecule has 1 aliphatic heterocycles. The predicted octanol–water partition coefficient (Wildman–Crippen LogP) is 11.0. The van der Waals surface area contributed by atoms with Crippen molar-refractivity contribution in [1.82, 2.24) is 0 Å². The van der Waals surface area contributed by atoms with Gasteiger partial charge in [0.15, 0.2) is 0 Å². The van der Waals surface area contributed by atoms with Gasteiger partial charge in [-0.1, -0.05) is 142 Å². The highest BCUT2D eigenvalue weighted by Gasteiger charge is 2.37. The highest BCUT2D eigenvalue weighted by molar-refractivity contribution is 5.91. The Morgan fingerprint density at radius 3 is 1.71 bits per heavy atom. The van der Waals surface area contributed by atoms with Crippen LogP contribution in [0.2, 0.25) is 0 Å². The minimum Gasteiger partial charge on any atom is -0.310 e. The van der Waals surface area contributed by atoms with Gasteiger partial charge in [-0.15, -0.1) is 0 Å². The molecule has 0 aliphatic carbocycles. The van der Waals surface area contributed by atoms with E-state index in [0.717, 1.165) is 11.4 Å². The number of anilines is 2. The second-order valence-corrected chi connectivity index (χ2v) is 11.1. The van der Waals surface area contributed by atoms with Crippen molar-refractivity contribution in [2.45, 2.75) is 19.3 Å². The van der Waals surface area contributed by atoms with Crippen LogP contribution in [0.4, 0.5) is 11.4 Å². The summed E-state index contributed by atoms with van der Waals surface area (Å²) in [6, 6.07) is 47.4. The molecule has 0 spiro atoms. The van der Waals surface area contributed by atoms with E-state index in [4.69, 9.17) is 0 Å². The second kappa shape index (κ2) is 11.4. The molecule has 0 fully saturated rings. The molecule has 1 heteroatoms. The van der Waals surface area contributed by atoms with Crippen molar-refractivity contribution in [2.75, 3.05) is 4.90 Å². The van der Waals surface area contributed by atoms with Crippen LogP contribution in [0, 0.1) is 0 Å². The second-order valence-electron chi connectivity index (χ2n) is 11.1. The molecule has 0 radical (unpaired) electrons. The van der Waals surface area contributed by atoms with E-state index in [1.807, 2.05) is 12.2 Å². The minimum atomic E-state index is -0.231. The highest BCUT2D eigenvalue weighted by Crippen LogP contribution is 2.49. The normalized spacial score (nSPS) is 13.7. The van der Waals surface area contributed by atoms with E-state index in [1.165, 1.54) is 50.2 Å². The van der Waals surface area contributed by atoms with Gasteiger partial charge in [0.2, 0.25) is 0 Å². The first-order chi connectivity index (χ1) is 20.5. The minimum absolute atomic E-state index is 0.231. The summed E-state index contributed by atoms with van der Waals surface area (Å²) < 4.78 is 0. The Morgan fingerprint density at radius 1 is 0.619 bits per heavy atom. The van der Waals surface area contributed by atoms with Gasteiger partial charge in [0, 0.05) is 16.8 Å². The van der Waals surface area contributed by atoms with Crippen molar-refractivity contribution < 1.29 is 0 Å². The lowest BCUT2D eigenvalue weighted by Crippen LogP contribution is -2.33. The average molecular weight is 542 g/mol. The first-order valence-corrected chi connectivity index (χ1v) is 14.4. The molecule has 0 atom stereocenters. The lowest BCUT2D eigenvalue weighted by molar-refractivity contribution is 0.622. The summed E-state index contributed by atoms with van der Waals surface area (Å²) in [4.78, 5) is 2.30. The zero-order chi connectivity index (χ0) is 29.1. The lowest BCUT2D eigenvalue weighted by atomic mass is 9.72. The molecule has 1 nitrogen and oxygen atoms in total. The summed E-state index contributed by atoms with van der Waals surface area (Å²) in [6.07, 6.45) is 6.22. The summed E-state index contributed by atoms with van der Waals surface area (Å²) in [5, 5.41) is 0. The third-order valence-corrected chi connectivity index (χ3v) is 8.24. The molecule has 42 heavy (non-hydrogen) atoms. The number of nitrogens with zero attached hydrogens (tertiary/aromatic N) is 1. The topological polar surface area (TPSA) is 3.24 Å². The van der Waals surface area contributed by atoms with E-state index < -0.39 is 0 Å². The van der Waals surface area contributed by atoms with E-state index in [9.17, 15) is 0 Å². The van der Waals surface area contributed by atoms with Crippen LogP contribution in [0.25, 0.3) is 22.8 Å². The fourth-order valence-electron chi connectivity index (χ4n) is 6.05. The molecular weight excluding hydrogens is 506 g/mol. The molecule has 0 amide bonds. The zero-order valence-electron chi connectivity index (χ0n) is 24.3. The van der Waals surface area contributed by atoms with Gasteiger partial charge in [0.25, 0.3) is 0 Å². The van der Waals surface area contributed by atoms with Gasteiger partial charge in [-0.3, -0.25) is 0 Å². The quantitative estimate of drug-likeness (QED) is 0.185. The molecule has 0 bridgehead atoms. The lowest BCUT2D eigenvalue weighted by Gasteiger charge is -2.42. The van der Waals surface area contributed by atoms with Crippen LogP contribution in [0.5, 0.6) is 0 Å². The third-order valence-electron chi connectivity index (χ3n) is 8.24. The van der Waals surface area contributed by atoms with Gasteiger partial charge in [0.1, 0.15) is 0 Å². The van der Waals surface area contributed by atoms with Crippen LogP contribution in [0.15, 0.2) is 170 Å². The van der Waals surface area contributed by atoms with Crippen LogP contribution < -0.4 is 4.90 Å². The van der Waals surface area contributed by atoms with Crippen LogP contribution in [-0.2, 0) is 5.41 Å². The van der Waals surface area contributed by atoms with Gasteiger partial charge in [0.05, 0.1) is 5.69 Å². The number of hydrogen-bond acceptors (Lipinski definition) is 1. The number of fused-ring (bicyclic) bond motifs is 1. The Bertz CT molecular complexity index is 1750. The van der Waals surface area contributed by atoms with Gasteiger partial charge in [-0.25, -0.2) is 0 Å². The largest absolute Gasteiger partial charge is 0.310 e. The molecule has 5 aromatic carbocycles. The number of para-hydroxylation sites is 1. The Labute approximate surface area is 250 Å². The van der Waals surface area contributed by atoms with Crippen molar-refractivity contribution in [2.24, 2.45) is 0 Å². The van der Waals surface area contributed by atoms with Crippen LogP contribution in [0.1, 0.15) is 36.1 Å². The molecule has 0 saturated heterocycles. The molecular formula is C41H35N. The van der Waals surface area contributed by atoms with Gasteiger partial charge in [-0.05, 0) is 80.9 Å². The zero-order valence-corrected chi connectivity index (χ0v) is 24.3. The summed E-state index contributed by atoms with van der Waals surface area (Å²) in [6.45, 7) is 12.9. The Balaban J connectivity index is 1.41. The van der Waals surface area contributed by atoms with Crippen LogP contribution in [0.3, 0.4) is 0 Å². The van der Waals surface area contributed by atoms with Crippen LogP contribution in [-0.4, -0.2) is 0 Å². The Morgan fingerprint density at radius 2 is 1.17 bits per heavy atom. The molecule has 204 valence electrons. The molecule has 0 saturated carbocycles. The van der Waals surface area contributed by atoms with Crippen molar-refractivity contribution in [3.63, 3.8) is 0 Å². The standard InChI is InChI=1S/C41H35N/c1-5-37-39(6-2)42(35-20-14-9-15-21-35)40-27-26-34(29-38(40)41(37,3)4)31-24-22-30(23-25-31)28-36(32-16-10-7-11-17-32)33-18-12-8-13-19-33/h5-29H,1-2H2,3-4H3. The highest BCUT2D eigenvalue weighted by atomic mass is 15.2. The molecule has 6 rings (SSSR count). The fraction of sp³-hybridized carbons (Fsp3) is 0.0732. The van der Waals surface area contributed by atoms with Gasteiger partial charge < -0.3 is 4.90 Å². The first kappa shape index (κ1) is 27.1. The van der Waals surface area contributed by atoms with Crippen molar-refractivity contribution >= 4 is 23.0 Å². The van der Waals surface area contributed by atoms with Crippen molar-refractivity contribution in [3.8, 4) is 11.1 Å². The maximum atomic E-state index is 4.20. The van der Waals surface area contributed by atoms with E-state index in [-0.39, 0.29) is 5.41 Å². The Kier molecular flexibility index (Phi) is 7.33. The van der Waals surface area contributed by atoms with Gasteiger partial charge >= 0.3 is 0 Å². The van der Waals surface area contributed by atoms with E-state index in [0.29, 0.717) is 0 Å². The molecule has 1 aliphatic rings. The molecule has 1 heterocycles. The van der Waals surface area contributed by atoms with Gasteiger partial charge in [-0.2, -0.15) is 0 Å². The number of benzene rings is 5. The molecule has 0 aromatic heterocycles. The predicted molar refractivity (Wildman–Crippen MR) is 181 cm³/mol. The van der Waals surface area contributed by atoms with E-state index in [1.54, 1.807) is 0 Å². The monoisotopic (exact) mass is 541 g/mol. The molecule has 0 unspecified atom stereocenters. The first-order valence-electron chi connectivity index (χ1n) is 14.4. The van der Waals surface area contributed by atoms with Crippen LogP contribution >= 0.6 is 0 Å². The summed E-state index contributed by atoms with van der Waals surface area (Å²) >= 11 is 0. The molecule has 5 aromatic rings. The SMILES string of the molecule is C=CC1=C(C=C)C(C)(C)c2cc(-c3ccc(C=C(c4ccccc4)c4ccccc4)cc3)ccc2N1c1ccccc1. The Hall–Kier alpha value is -5.14. The summed E-state index contributed by atoms with van der Waals surface area (Å²) in [7, 11) is 0. The van der Waals surface area contributed by atoms with E-state index >= 15 is 0 Å². The third kappa shape index (κ3) is 4.95. The summed E-state index contributed by atoms with van der Waals surface area (Å²) in [5.74, 6) is 0. The maximum Gasteiger partial charge on any atom is 0.0503 e.